The van der Waals surface area contributed by atoms with Crippen LogP contribution in [0.5, 0.6) is 34.5 Å². The van der Waals surface area contributed by atoms with Crippen LogP contribution in [0.3, 0.4) is 0 Å². The van der Waals surface area contributed by atoms with Crippen LogP contribution in [0.25, 0.3) is 0 Å². The normalized spacial score (nSPS) is 17.6. The molecule has 1 atom stereocenters. The number of esters is 1. The van der Waals surface area contributed by atoms with E-state index in [4.69, 9.17) is 28.4 Å². The number of benzene rings is 2. The summed E-state index contributed by atoms with van der Waals surface area (Å²) in [4.78, 5) is 12.3. The lowest BCUT2D eigenvalue weighted by Gasteiger charge is -2.29. The van der Waals surface area contributed by atoms with Gasteiger partial charge in [-0.1, -0.05) is 6.07 Å². The Bertz CT molecular complexity index is 890. The summed E-state index contributed by atoms with van der Waals surface area (Å²) in [7, 11) is 4.61. The van der Waals surface area contributed by atoms with Crippen LogP contribution >= 0.6 is 0 Å². The first-order valence-corrected chi connectivity index (χ1v) is 8.59. The van der Waals surface area contributed by atoms with E-state index in [2.05, 4.69) is 0 Å². The SMILES string of the molecule is COc1cc2c(c(OC)c1OC)[C@@H](c1ccc3c(c1)OCCO3)CC(=O)O2. The summed E-state index contributed by atoms with van der Waals surface area (Å²) in [6.07, 6.45) is 0.179. The third kappa shape index (κ3) is 2.89. The highest BCUT2D eigenvalue weighted by Crippen LogP contribution is 2.52. The van der Waals surface area contributed by atoms with Crippen LogP contribution in [0.2, 0.25) is 0 Å². The van der Waals surface area contributed by atoms with Crippen LogP contribution < -0.4 is 28.4 Å². The molecule has 0 spiro atoms. The Morgan fingerprint density at radius 3 is 2.33 bits per heavy atom. The lowest BCUT2D eigenvalue weighted by Crippen LogP contribution is -2.22. The minimum atomic E-state index is -0.323. The van der Waals surface area contributed by atoms with E-state index in [9.17, 15) is 4.79 Å². The molecule has 2 aromatic rings. The van der Waals surface area contributed by atoms with Crippen molar-refractivity contribution < 1.29 is 33.2 Å². The number of fused-ring (bicyclic) bond motifs is 2. The van der Waals surface area contributed by atoms with E-state index in [1.165, 1.54) is 7.11 Å². The van der Waals surface area contributed by atoms with Gasteiger partial charge in [0.15, 0.2) is 23.0 Å². The van der Waals surface area contributed by atoms with Gasteiger partial charge in [0.2, 0.25) is 5.75 Å². The molecular weight excluding hydrogens is 352 g/mol. The van der Waals surface area contributed by atoms with E-state index in [0.717, 1.165) is 11.1 Å². The predicted octanol–water partition coefficient (Wildman–Crippen LogP) is 2.92. The molecule has 2 heterocycles. The van der Waals surface area contributed by atoms with Gasteiger partial charge in [-0.15, -0.1) is 0 Å². The Morgan fingerprint density at radius 1 is 0.889 bits per heavy atom. The number of rotatable bonds is 4. The van der Waals surface area contributed by atoms with Gasteiger partial charge in [-0.2, -0.15) is 0 Å². The number of carbonyl (C=O) groups is 1. The summed E-state index contributed by atoms with van der Waals surface area (Å²) in [6, 6.07) is 7.34. The maximum Gasteiger partial charge on any atom is 0.312 e. The first kappa shape index (κ1) is 17.3. The Labute approximate surface area is 156 Å². The van der Waals surface area contributed by atoms with Gasteiger partial charge in [0.1, 0.15) is 19.0 Å². The molecule has 2 aliphatic heterocycles. The van der Waals surface area contributed by atoms with Crippen molar-refractivity contribution in [3.8, 4) is 34.5 Å². The summed E-state index contributed by atoms with van der Waals surface area (Å²) < 4.78 is 33.2. The highest BCUT2D eigenvalue weighted by molar-refractivity contribution is 5.80. The van der Waals surface area contributed by atoms with Gasteiger partial charge in [0.25, 0.3) is 0 Å². The van der Waals surface area contributed by atoms with Gasteiger partial charge in [0.05, 0.1) is 27.8 Å². The molecule has 7 nitrogen and oxygen atoms in total. The molecular formula is C20H20O7. The minimum Gasteiger partial charge on any atom is -0.493 e. The summed E-state index contributed by atoms with van der Waals surface area (Å²) in [5.41, 5.74) is 1.65. The number of hydrogen-bond acceptors (Lipinski definition) is 7. The molecule has 0 unspecified atom stereocenters. The largest absolute Gasteiger partial charge is 0.493 e. The van der Waals surface area contributed by atoms with Gasteiger partial charge < -0.3 is 28.4 Å². The third-order valence-electron chi connectivity index (χ3n) is 4.74. The monoisotopic (exact) mass is 372 g/mol. The van der Waals surface area contributed by atoms with Gasteiger partial charge >= 0.3 is 5.97 Å². The second-order valence-corrected chi connectivity index (χ2v) is 6.19. The molecule has 2 aromatic carbocycles. The van der Waals surface area contributed by atoms with E-state index in [-0.39, 0.29) is 18.3 Å². The lowest BCUT2D eigenvalue weighted by molar-refractivity contribution is -0.135. The molecule has 0 saturated carbocycles. The summed E-state index contributed by atoms with van der Waals surface area (Å²) in [5.74, 6) is 2.55. The molecule has 27 heavy (non-hydrogen) atoms. The molecule has 0 saturated heterocycles. The molecule has 0 fully saturated rings. The van der Waals surface area contributed by atoms with Crippen molar-refractivity contribution >= 4 is 5.97 Å². The van der Waals surface area contributed by atoms with Crippen LogP contribution in [-0.4, -0.2) is 40.5 Å². The van der Waals surface area contributed by atoms with E-state index in [0.29, 0.717) is 47.7 Å². The fourth-order valence-corrected chi connectivity index (χ4v) is 3.56. The zero-order chi connectivity index (χ0) is 19.0. The van der Waals surface area contributed by atoms with Crippen LogP contribution in [0.15, 0.2) is 24.3 Å². The van der Waals surface area contributed by atoms with Crippen LogP contribution in [-0.2, 0) is 4.79 Å². The van der Waals surface area contributed by atoms with Crippen molar-refractivity contribution in [1.82, 2.24) is 0 Å². The van der Waals surface area contributed by atoms with Crippen LogP contribution in [0.1, 0.15) is 23.5 Å². The Balaban J connectivity index is 1.88. The number of methoxy groups -OCH3 is 3. The predicted molar refractivity (Wildman–Crippen MR) is 95.6 cm³/mol. The van der Waals surface area contributed by atoms with Crippen molar-refractivity contribution in [2.75, 3.05) is 34.5 Å². The molecule has 0 bridgehead atoms. The van der Waals surface area contributed by atoms with Gasteiger partial charge in [-0.3, -0.25) is 4.79 Å². The fraction of sp³-hybridized carbons (Fsp3) is 0.350. The standard InChI is InChI=1S/C20H20O7/c1-22-16-10-15-18(20(24-3)19(16)23-2)12(9-17(21)27-15)11-4-5-13-14(8-11)26-7-6-25-13/h4-5,8,10,12H,6-7,9H2,1-3H3/t12-/m1/s1. The van der Waals surface area contributed by atoms with E-state index < -0.39 is 0 Å². The van der Waals surface area contributed by atoms with Crippen LogP contribution in [0, 0.1) is 0 Å². The van der Waals surface area contributed by atoms with E-state index in [1.54, 1.807) is 20.3 Å². The summed E-state index contributed by atoms with van der Waals surface area (Å²) in [6.45, 7) is 1.02. The first-order chi connectivity index (χ1) is 13.2. The average molecular weight is 372 g/mol. The maximum absolute atomic E-state index is 12.3. The molecule has 0 aromatic heterocycles. The first-order valence-electron chi connectivity index (χ1n) is 8.59. The molecule has 0 amide bonds. The van der Waals surface area contributed by atoms with Crippen molar-refractivity contribution in [3.05, 3.63) is 35.4 Å². The minimum absolute atomic E-state index is 0.179. The van der Waals surface area contributed by atoms with E-state index in [1.807, 2.05) is 18.2 Å². The summed E-state index contributed by atoms with van der Waals surface area (Å²) >= 11 is 0. The maximum atomic E-state index is 12.3. The second kappa shape index (κ2) is 6.90. The molecule has 0 aliphatic carbocycles. The smallest absolute Gasteiger partial charge is 0.312 e. The highest BCUT2D eigenvalue weighted by Gasteiger charge is 2.35. The topological polar surface area (TPSA) is 72.5 Å². The average Bonchev–Trinajstić information content (AvgIpc) is 2.71. The van der Waals surface area contributed by atoms with Crippen LogP contribution in [0.4, 0.5) is 0 Å². The second-order valence-electron chi connectivity index (χ2n) is 6.19. The fourth-order valence-electron chi connectivity index (χ4n) is 3.56. The van der Waals surface area contributed by atoms with Gasteiger partial charge in [-0.05, 0) is 17.7 Å². The quantitative estimate of drug-likeness (QED) is 0.603. The molecule has 2 aliphatic rings. The zero-order valence-corrected chi connectivity index (χ0v) is 15.4. The Kier molecular flexibility index (Phi) is 4.43. The van der Waals surface area contributed by atoms with Gasteiger partial charge in [0, 0.05) is 17.5 Å². The van der Waals surface area contributed by atoms with Crippen molar-refractivity contribution in [1.29, 1.82) is 0 Å². The number of ether oxygens (including phenoxy) is 6. The van der Waals surface area contributed by atoms with E-state index >= 15 is 0 Å². The number of carbonyl (C=O) groups excluding carboxylic acids is 1. The molecule has 7 heteroatoms. The highest BCUT2D eigenvalue weighted by atomic mass is 16.6. The molecule has 0 radical (unpaired) electrons. The zero-order valence-electron chi connectivity index (χ0n) is 15.4. The van der Waals surface area contributed by atoms with Crippen molar-refractivity contribution in [2.24, 2.45) is 0 Å². The van der Waals surface area contributed by atoms with Crippen molar-refractivity contribution in [2.45, 2.75) is 12.3 Å². The number of hydrogen-bond donors (Lipinski definition) is 0. The molecule has 142 valence electrons. The lowest BCUT2D eigenvalue weighted by atomic mass is 9.85. The summed E-state index contributed by atoms with van der Waals surface area (Å²) in [5, 5.41) is 0. The Hall–Kier alpha value is -3.09. The molecule has 0 N–H and O–H groups in total. The van der Waals surface area contributed by atoms with Crippen molar-refractivity contribution in [3.63, 3.8) is 0 Å². The van der Waals surface area contributed by atoms with Gasteiger partial charge in [-0.25, -0.2) is 0 Å². The molecule has 4 rings (SSSR count). The Morgan fingerprint density at radius 2 is 1.63 bits per heavy atom. The third-order valence-corrected chi connectivity index (χ3v) is 4.74.